The molecule has 114 valence electrons. The average Bonchev–Trinajstić information content (AvgIpc) is 2.45. The molecular formula is C17H17Cl2N2O+. The normalized spacial score (nSPS) is 13.5. The Morgan fingerprint density at radius 1 is 1.09 bits per heavy atom. The Labute approximate surface area is 139 Å². The minimum Gasteiger partial charge on any atom is -0.320 e. The molecule has 0 radical (unpaired) electrons. The molecule has 2 aromatic rings. The SMILES string of the molecule is O=C(C[n+]1ccc2c(c1)CCCC2)Nc1cc(Cl)cc(Cl)c1. The van der Waals surface area contributed by atoms with Gasteiger partial charge >= 0.3 is 0 Å². The highest BCUT2D eigenvalue weighted by Gasteiger charge is 2.16. The maximum Gasteiger partial charge on any atom is 0.290 e. The van der Waals surface area contributed by atoms with E-state index < -0.39 is 0 Å². The molecule has 1 N–H and O–H groups in total. The molecule has 3 rings (SSSR count). The molecule has 1 aromatic carbocycles. The lowest BCUT2D eigenvalue weighted by Gasteiger charge is -2.13. The Kier molecular flexibility index (Phi) is 4.65. The summed E-state index contributed by atoms with van der Waals surface area (Å²) < 4.78 is 1.92. The van der Waals surface area contributed by atoms with Crippen molar-refractivity contribution >= 4 is 34.8 Å². The molecule has 3 nitrogen and oxygen atoms in total. The summed E-state index contributed by atoms with van der Waals surface area (Å²) in [6, 6.07) is 7.13. The van der Waals surface area contributed by atoms with Crippen LogP contribution < -0.4 is 9.88 Å². The summed E-state index contributed by atoms with van der Waals surface area (Å²) in [7, 11) is 0. The quantitative estimate of drug-likeness (QED) is 0.850. The molecule has 22 heavy (non-hydrogen) atoms. The zero-order chi connectivity index (χ0) is 15.5. The molecule has 5 heteroatoms. The predicted molar refractivity (Wildman–Crippen MR) is 88.4 cm³/mol. The maximum absolute atomic E-state index is 12.2. The van der Waals surface area contributed by atoms with Gasteiger partial charge in [0, 0.05) is 27.4 Å². The molecule has 1 amide bonds. The third-order valence-electron chi connectivity index (χ3n) is 3.82. The fourth-order valence-corrected chi connectivity index (χ4v) is 3.34. The first-order chi connectivity index (χ1) is 10.6. The van der Waals surface area contributed by atoms with E-state index in [1.54, 1.807) is 18.2 Å². The van der Waals surface area contributed by atoms with Gasteiger partial charge in [-0.1, -0.05) is 23.2 Å². The number of hydrogen-bond acceptors (Lipinski definition) is 1. The van der Waals surface area contributed by atoms with Crippen LogP contribution >= 0.6 is 23.2 Å². The highest BCUT2D eigenvalue weighted by atomic mass is 35.5. The average molecular weight is 336 g/mol. The van der Waals surface area contributed by atoms with Crippen molar-refractivity contribution in [2.45, 2.75) is 32.2 Å². The van der Waals surface area contributed by atoms with Crippen LogP contribution in [0, 0.1) is 0 Å². The van der Waals surface area contributed by atoms with Crippen molar-refractivity contribution in [3.05, 3.63) is 57.8 Å². The summed E-state index contributed by atoms with van der Waals surface area (Å²) in [5, 5.41) is 3.83. The van der Waals surface area contributed by atoms with E-state index in [0.717, 1.165) is 12.8 Å². The van der Waals surface area contributed by atoms with Gasteiger partial charge in [-0.3, -0.25) is 4.79 Å². The van der Waals surface area contributed by atoms with Gasteiger partial charge in [-0.05, 0) is 49.4 Å². The minimum absolute atomic E-state index is 0.0981. The molecule has 0 fully saturated rings. The molecule has 0 saturated carbocycles. The van der Waals surface area contributed by atoms with Crippen LogP contribution in [-0.4, -0.2) is 5.91 Å². The van der Waals surface area contributed by atoms with Crippen molar-refractivity contribution in [1.29, 1.82) is 0 Å². The van der Waals surface area contributed by atoms with Crippen LogP contribution in [0.1, 0.15) is 24.0 Å². The van der Waals surface area contributed by atoms with E-state index in [2.05, 4.69) is 17.6 Å². The summed E-state index contributed by atoms with van der Waals surface area (Å²) >= 11 is 11.9. The van der Waals surface area contributed by atoms with Crippen LogP contribution in [0.25, 0.3) is 0 Å². The minimum atomic E-state index is -0.0981. The van der Waals surface area contributed by atoms with E-state index in [4.69, 9.17) is 23.2 Å². The van der Waals surface area contributed by atoms with E-state index in [1.807, 2.05) is 10.8 Å². The van der Waals surface area contributed by atoms with Gasteiger partial charge in [0.25, 0.3) is 5.91 Å². The third kappa shape index (κ3) is 3.79. The van der Waals surface area contributed by atoms with Crippen molar-refractivity contribution in [3.8, 4) is 0 Å². The molecule has 0 saturated heterocycles. The molecular weight excluding hydrogens is 319 g/mol. The van der Waals surface area contributed by atoms with E-state index in [0.29, 0.717) is 15.7 Å². The van der Waals surface area contributed by atoms with Gasteiger partial charge in [0.15, 0.2) is 12.4 Å². The fourth-order valence-electron chi connectivity index (χ4n) is 2.81. The molecule has 1 heterocycles. The molecule has 0 bridgehead atoms. The number of nitrogens with zero attached hydrogens (tertiary/aromatic N) is 1. The standard InChI is InChI=1S/C17H16Cl2N2O/c18-14-7-15(19)9-16(8-14)20-17(22)11-21-6-5-12-3-1-2-4-13(12)10-21/h5-10H,1-4,11H2/p+1. The Morgan fingerprint density at radius 2 is 1.77 bits per heavy atom. The summed E-state index contributed by atoms with van der Waals surface area (Å²) in [5.41, 5.74) is 3.37. The van der Waals surface area contributed by atoms with E-state index in [-0.39, 0.29) is 12.5 Å². The zero-order valence-electron chi connectivity index (χ0n) is 12.1. The van der Waals surface area contributed by atoms with E-state index in [1.165, 1.54) is 24.0 Å². The highest BCUT2D eigenvalue weighted by Crippen LogP contribution is 2.22. The predicted octanol–water partition coefficient (Wildman–Crippen LogP) is 3.80. The van der Waals surface area contributed by atoms with Gasteiger partial charge in [-0.25, -0.2) is 0 Å². The largest absolute Gasteiger partial charge is 0.320 e. The number of carbonyl (C=O) groups is 1. The second kappa shape index (κ2) is 6.67. The Morgan fingerprint density at radius 3 is 2.50 bits per heavy atom. The van der Waals surface area contributed by atoms with Crippen molar-refractivity contribution in [2.75, 3.05) is 5.32 Å². The van der Waals surface area contributed by atoms with Crippen molar-refractivity contribution < 1.29 is 9.36 Å². The molecule has 0 unspecified atom stereocenters. The Balaban J connectivity index is 1.69. The van der Waals surface area contributed by atoms with E-state index in [9.17, 15) is 4.79 Å². The second-order valence-electron chi connectivity index (χ2n) is 5.58. The number of carbonyl (C=O) groups excluding carboxylic acids is 1. The molecule has 0 aliphatic heterocycles. The van der Waals surface area contributed by atoms with Gasteiger partial charge < -0.3 is 5.32 Å². The Bertz CT molecular complexity index is 696. The summed E-state index contributed by atoms with van der Waals surface area (Å²) in [4.78, 5) is 12.2. The smallest absolute Gasteiger partial charge is 0.290 e. The van der Waals surface area contributed by atoms with Crippen molar-refractivity contribution in [1.82, 2.24) is 0 Å². The number of fused-ring (bicyclic) bond motifs is 1. The second-order valence-corrected chi connectivity index (χ2v) is 6.45. The van der Waals surface area contributed by atoms with Gasteiger partial charge in [-0.2, -0.15) is 4.57 Å². The number of anilines is 1. The zero-order valence-corrected chi connectivity index (χ0v) is 13.6. The summed E-state index contributed by atoms with van der Waals surface area (Å²) in [5.74, 6) is -0.0981. The van der Waals surface area contributed by atoms with E-state index >= 15 is 0 Å². The first-order valence-electron chi connectivity index (χ1n) is 7.37. The lowest BCUT2D eigenvalue weighted by atomic mass is 9.93. The summed E-state index contributed by atoms with van der Waals surface area (Å²) in [6.07, 6.45) is 8.77. The molecule has 0 spiro atoms. The fraction of sp³-hybridized carbons (Fsp3) is 0.294. The monoisotopic (exact) mass is 335 g/mol. The lowest BCUT2D eigenvalue weighted by Crippen LogP contribution is -2.40. The molecule has 0 atom stereocenters. The van der Waals surface area contributed by atoms with Gasteiger partial charge in [-0.15, -0.1) is 0 Å². The van der Waals surface area contributed by atoms with Crippen LogP contribution in [0.3, 0.4) is 0 Å². The molecule has 1 aromatic heterocycles. The number of pyridine rings is 1. The first kappa shape index (κ1) is 15.3. The van der Waals surface area contributed by atoms with Gasteiger partial charge in [0.2, 0.25) is 6.54 Å². The number of nitrogens with one attached hydrogen (secondary N) is 1. The van der Waals surface area contributed by atoms with Crippen LogP contribution in [0.2, 0.25) is 10.0 Å². The van der Waals surface area contributed by atoms with Crippen LogP contribution in [-0.2, 0) is 24.2 Å². The van der Waals surface area contributed by atoms with Crippen molar-refractivity contribution in [2.24, 2.45) is 0 Å². The van der Waals surface area contributed by atoms with Gasteiger partial charge in [0.05, 0.1) is 0 Å². The van der Waals surface area contributed by atoms with Crippen LogP contribution in [0.5, 0.6) is 0 Å². The number of aromatic nitrogens is 1. The maximum atomic E-state index is 12.2. The number of amides is 1. The number of aryl methyl sites for hydroxylation is 2. The first-order valence-corrected chi connectivity index (χ1v) is 8.12. The highest BCUT2D eigenvalue weighted by molar-refractivity contribution is 6.35. The summed E-state index contributed by atoms with van der Waals surface area (Å²) in [6.45, 7) is 0.275. The number of rotatable bonds is 3. The molecule has 1 aliphatic rings. The third-order valence-corrected chi connectivity index (χ3v) is 4.25. The number of benzene rings is 1. The van der Waals surface area contributed by atoms with Crippen LogP contribution in [0.15, 0.2) is 36.7 Å². The number of halogens is 2. The topological polar surface area (TPSA) is 33.0 Å². The number of hydrogen-bond donors (Lipinski definition) is 1. The molecule has 1 aliphatic carbocycles. The van der Waals surface area contributed by atoms with Crippen molar-refractivity contribution in [3.63, 3.8) is 0 Å². The van der Waals surface area contributed by atoms with Crippen LogP contribution in [0.4, 0.5) is 5.69 Å². The Hall–Kier alpha value is -1.58. The lowest BCUT2D eigenvalue weighted by molar-refractivity contribution is -0.684. The van der Waals surface area contributed by atoms with Gasteiger partial charge in [0.1, 0.15) is 0 Å².